The van der Waals surface area contributed by atoms with Crippen molar-refractivity contribution in [1.82, 2.24) is 0 Å². The summed E-state index contributed by atoms with van der Waals surface area (Å²) in [4.78, 5) is 0. The van der Waals surface area contributed by atoms with Gasteiger partial charge in [-0.05, 0) is 64.7 Å². The fraction of sp³-hybridized carbons (Fsp3) is 0.200. The molecule has 2 aromatic rings. The Labute approximate surface area is 124 Å². The average Bonchev–Trinajstić information content (AvgIpc) is 2.34. The summed E-state index contributed by atoms with van der Waals surface area (Å²) in [6.07, 6.45) is 0. The van der Waals surface area contributed by atoms with Crippen molar-refractivity contribution in [3.63, 3.8) is 0 Å². The molecule has 3 heteroatoms. The first-order chi connectivity index (χ1) is 8.60. The van der Waals surface area contributed by atoms with E-state index in [2.05, 4.69) is 63.9 Å². The Bertz CT molecular complexity index is 564. The van der Waals surface area contributed by atoms with Gasteiger partial charge in [0, 0.05) is 5.33 Å². The highest BCUT2D eigenvalue weighted by molar-refractivity contribution is 9.10. The van der Waals surface area contributed by atoms with E-state index < -0.39 is 0 Å². The van der Waals surface area contributed by atoms with Crippen LogP contribution >= 0.6 is 31.9 Å². The maximum absolute atomic E-state index is 5.93. The molecule has 2 aromatic carbocycles. The van der Waals surface area contributed by atoms with Crippen molar-refractivity contribution in [3.05, 3.63) is 57.6 Å². The second-order valence-corrected chi connectivity index (χ2v) is 5.68. The van der Waals surface area contributed by atoms with Crippen molar-refractivity contribution >= 4 is 31.9 Å². The summed E-state index contributed by atoms with van der Waals surface area (Å²) in [6.45, 7) is 4.12. The quantitative estimate of drug-likeness (QED) is 0.625. The number of rotatable bonds is 3. The van der Waals surface area contributed by atoms with Gasteiger partial charge in [0.25, 0.3) is 0 Å². The largest absolute Gasteiger partial charge is 0.456 e. The summed E-state index contributed by atoms with van der Waals surface area (Å²) in [5.74, 6) is 1.74. The first-order valence-corrected chi connectivity index (χ1v) is 7.61. The van der Waals surface area contributed by atoms with Gasteiger partial charge in [0.05, 0.1) is 4.47 Å². The van der Waals surface area contributed by atoms with E-state index in [0.29, 0.717) is 0 Å². The molecule has 0 amide bonds. The minimum Gasteiger partial charge on any atom is -0.456 e. The average molecular weight is 370 g/mol. The molecule has 18 heavy (non-hydrogen) atoms. The van der Waals surface area contributed by atoms with Crippen molar-refractivity contribution in [1.29, 1.82) is 0 Å². The van der Waals surface area contributed by atoms with Crippen LogP contribution < -0.4 is 4.74 Å². The van der Waals surface area contributed by atoms with Crippen molar-refractivity contribution in [2.24, 2.45) is 0 Å². The number of benzene rings is 2. The first-order valence-electron chi connectivity index (χ1n) is 5.69. The molecule has 0 atom stereocenters. The smallest absolute Gasteiger partial charge is 0.141 e. The van der Waals surface area contributed by atoms with E-state index in [-0.39, 0.29) is 0 Å². The van der Waals surface area contributed by atoms with Crippen molar-refractivity contribution in [3.8, 4) is 11.5 Å². The molecule has 0 heterocycles. The van der Waals surface area contributed by atoms with Crippen LogP contribution in [0.1, 0.15) is 16.7 Å². The predicted molar refractivity (Wildman–Crippen MR) is 82.8 cm³/mol. The standard InChI is InChI=1S/C15H14Br2O/c1-10-3-5-15(13(17)7-10)18-14-6-4-12(9-16)8-11(14)2/h3-8H,9H2,1-2H3. The van der Waals surface area contributed by atoms with Gasteiger partial charge in [0.15, 0.2) is 0 Å². The molecule has 0 saturated heterocycles. The Hall–Kier alpha value is -0.800. The van der Waals surface area contributed by atoms with Crippen molar-refractivity contribution < 1.29 is 4.74 Å². The lowest BCUT2D eigenvalue weighted by Crippen LogP contribution is -1.90. The topological polar surface area (TPSA) is 9.23 Å². The van der Waals surface area contributed by atoms with Crippen LogP contribution in [-0.4, -0.2) is 0 Å². The molecule has 0 aliphatic heterocycles. The first kappa shape index (κ1) is 13.6. The summed E-state index contributed by atoms with van der Waals surface area (Å²) >= 11 is 6.98. The third-order valence-corrected chi connectivity index (χ3v) is 3.97. The maximum Gasteiger partial charge on any atom is 0.141 e. The van der Waals surface area contributed by atoms with Crippen LogP contribution in [0.2, 0.25) is 0 Å². The predicted octanol–water partition coefficient (Wildman–Crippen LogP) is 5.75. The lowest BCUT2D eigenvalue weighted by Gasteiger charge is -2.11. The zero-order valence-electron chi connectivity index (χ0n) is 10.3. The fourth-order valence-corrected chi connectivity index (χ4v) is 2.64. The van der Waals surface area contributed by atoms with Gasteiger partial charge in [-0.1, -0.05) is 34.1 Å². The third kappa shape index (κ3) is 3.15. The van der Waals surface area contributed by atoms with Gasteiger partial charge in [-0.3, -0.25) is 0 Å². The van der Waals surface area contributed by atoms with E-state index >= 15 is 0 Å². The molecular formula is C15H14Br2O. The monoisotopic (exact) mass is 368 g/mol. The van der Waals surface area contributed by atoms with Crippen LogP contribution in [0.4, 0.5) is 0 Å². The molecule has 2 rings (SSSR count). The lowest BCUT2D eigenvalue weighted by atomic mass is 10.1. The summed E-state index contributed by atoms with van der Waals surface area (Å²) in [5.41, 5.74) is 3.60. The number of aryl methyl sites for hydroxylation is 2. The van der Waals surface area contributed by atoms with Gasteiger partial charge in [0.1, 0.15) is 11.5 Å². The van der Waals surface area contributed by atoms with E-state index in [1.807, 2.05) is 18.2 Å². The molecule has 94 valence electrons. The van der Waals surface area contributed by atoms with Crippen molar-refractivity contribution in [2.45, 2.75) is 19.2 Å². The molecule has 1 nitrogen and oxygen atoms in total. The highest BCUT2D eigenvalue weighted by Gasteiger charge is 2.06. The van der Waals surface area contributed by atoms with Crippen LogP contribution in [0.15, 0.2) is 40.9 Å². The van der Waals surface area contributed by atoms with Crippen LogP contribution in [0, 0.1) is 13.8 Å². The molecular weight excluding hydrogens is 356 g/mol. The van der Waals surface area contributed by atoms with Gasteiger partial charge >= 0.3 is 0 Å². The second kappa shape index (κ2) is 5.89. The minimum absolute atomic E-state index is 0.843. The van der Waals surface area contributed by atoms with Gasteiger partial charge in [-0.25, -0.2) is 0 Å². The normalized spacial score (nSPS) is 10.4. The summed E-state index contributed by atoms with van der Waals surface area (Å²) in [5, 5.41) is 0.863. The van der Waals surface area contributed by atoms with Crippen LogP contribution in [-0.2, 0) is 5.33 Å². The van der Waals surface area contributed by atoms with E-state index in [4.69, 9.17) is 4.74 Å². The second-order valence-electron chi connectivity index (χ2n) is 4.27. The van der Waals surface area contributed by atoms with E-state index in [0.717, 1.165) is 26.9 Å². The summed E-state index contributed by atoms with van der Waals surface area (Å²) < 4.78 is 6.91. The van der Waals surface area contributed by atoms with Gasteiger partial charge in [-0.2, -0.15) is 0 Å². The molecule has 0 aliphatic rings. The molecule has 0 spiro atoms. The molecule has 0 aliphatic carbocycles. The Morgan fingerprint density at radius 1 is 1.00 bits per heavy atom. The summed E-state index contributed by atoms with van der Waals surface area (Å²) in [7, 11) is 0. The van der Waals surface area contributed by atoms with Gasteiger partial charge in [-0.15, -0.1) is 0 Å². The SMILES string of the molecule is Cc1ccc(Oc2ccc(CBr)cc2C)c(Br)c1. The zero-order chi connectivity index (χ0) is 13.1. The Kier molecular flexibility index (Phi) is 4.46. The lowest BCUT2D eigenvalue weighted by molar-refractivity contribution is 0.475. The Morgan fingerprint density at radius 3 is 2.33 bits per heavy atom. The van der Waals surface area contributed by atoms with E-state index in [1.165, 1.54) is 11.1 Å². The fourth-order valence-electron chi connectivity index (χ4n) is 1.72. The number of hydrogen-bond donors (Lipinski definition) is 0. The molecule has 0 fully saturated rings. The van der Waals surface area contributed by atoms with Crippen LogP contribution in [0.25, 0.3) is 0 Å². The van der Waals surface area contributed by atoms with Gasteiger partial charge < -0.3 is 4.74 Å². The number of ether oxygens (including phenoxy) is 1. The Balaban J connectivity index is 2.28. The maximum atomic E-state index is 5.93. The number of halogens is 2. The molecule has 0 saturated carbocycles. The minimum atomic E-state index is 0.843. The molecule has 0 radical (unpaired) electrons. The summed E-state index contributed by atoms with van der Waals surface area (Å²) in [6, 6.07) is 12.3. The molecule has 0 aromatic heterocycles. The third-order valence-electron chi connectivity index (χ3n) is 2.70. The zero-order valence-corrected chi connectivity index (χ0v) is 13.5. The van der Waals surface area contributed by atoms with Gasteiger partial charge in [0.2, 0.25) is 0 Å². The van der Waals surface area contributed by atoms with Crippen LogP contribution in [0.3, 0.4) is 0 Å². The number of hydrogen-bond acceptors (Lipinski definition) is 1. The molecule has 0 bridgehead atoms. The van der Waals surface area contributed by atoms with E-state index in [1.54, 1.807) is 0 Å². The molecule has 0 N–H and O–H groups in total. The number of alkyl halides is 1. The van der Waals surface area contributed by atoms with Crippen LogP contribution in [0.5, 0.6) is 11.5 Å². The van der Waals surface area contributed by atoms with Crippen molar-refractivity contribution in [2.75, 3.05) is 0 Å². The molecule has 0 unspecified atom stereocenters. The highest BCUT2D eigenvalue weighted by Crippen LogP contribution is 2.32. The van der Waals surface area contributed by atoms with E-state index in [9.17, 15) is 0 Å². The Morgan fingerprint density at radius 2 is 1.72 bits per heavy atom. The highest BCUT2D eigenvalue weighted by atomic mass is 79.9.